The minimum atomic E-state index is -4.23. The van der Waals surface area contributed by atoms with Crippen LogP contribution in [0.3, 0.4) is 0 Å². The standard InChI is InChI=1S/C10H15O4P/c1-2-3-4-8-7-9(11)5-6-10(8)15(12,13)14/h5-7,11H,2-4H2,1H3,(H2,12,13,14). The topological polar surface area (TPSA) is 77.8 Å². The highest BCUT2D eigenvalue weighted by molar-refractivity contribution is 7.60. The summed E-state index contributed by atoms with van der Waals surface area (Å²) in [6, 6.07) is 4.01. The van der Waals surface area contributed by atoms with Crippen molar-refractivity contribution < 1.29 is 19.5 Å². The Labute approximate surface area is 88.7 Å². The van der Waals surface area contributed by atoms with Gasteiger partial charge < -0.3 is 14.9 Å². The maximum absolute atomic E-state index is 11.1. The van der Waals surface area contributed by atoms with Gasteiger partial charge >= 0.3 is 7.60 Å². The molecule has 0 fully saturated rings. The number of rotatable bonds is 4. The third-order valence-corrected chi connectivity index (χ3v) is 3.24. The van der Waals surface area contributed by atoms with Crippen LogP contribution in [0.25, 0.3) is 0 Å². The van der Waals surface area contributed by atoms with Crippen LogP contribution >= 0.6 is 7.60 Å². The van der Waals surface area contributed by atoms with Crippen LogP contribution in [-0.2, 0) is 11.0 Å². The number of hydrogen-bond acceptors (Lipinski definition) is 2. The maximum atomic E-state index is 11.1. The molecule has 1 aromatic rings. The fourth-order valence-electron chi connectivity index (χ4n) is 1.42. The first-order valence-corrected chi connectivity index (χ1v) is 6.44. The lowest BCUT2D eigenvalue weighted by Gasteiger charge is -2.10. The van der Waals surface area contributed by atoms with Gasteiger partial charge in [-0.15, -0.1) is 0 Å². The average Bonchev–Trinajstić information content (AvgIpc) is 2.12. The fourth-order valence-corrected chi connectivity index (χ4v) is 2.24. The predicted octanol–water partition coefficient (Wildman–Crippen LogP) is 1.54. The third kappa shape index (κ3) is 3.34. The number of aromatic hydroxyl groups is 1. The van der Waals surface area contributed by atoms with Crippen LogP contribution in [0.2, 0.25) is 0 Å². The molecule has 3 N–H and O–H groups in total. The Morgan fingerprint density at radius 2 is 2.00 bits per heavy atom. The molecule has 0 unspecified atom stereocenters. The highest BCUT2D eigenvalue weighted by atomic mass is 31.2. The monoisotopic (exact) mass is 230 g/mol. The number of phenolic OH excluding ortho intramolecular Hbond substituents is 1. The molecule has 0 saturated heterocycles. The van der Waals surface area contributed by atoms with Crippen LogP contribution in [0.1, 0.15) is 25.3 Å². The van der Waals surface area contributed by atoms with Gasteiger partial charge in [-0.2, -0.15) is 0 Å². The molecule has 5 heteroatoms. The van der Waals surface area contributed by atoms with Crippen molar-refractivity contribution >= 4 is 12.9 Å². The van der Waals surface area contributed by atoms with E-state index in [1.54, 1.807) is 0 Å². The number of benzene rings is 1. The fraction of sp³-hybridized carbons (Fsp3) is 0.400. The van der Waals surface area contributed by atoms with Gasteiger partial charge in [-0.25, -0.2) is 0 Å². The Morgan fingerprint density at radius 1 is 1.33 bits per heavy atom. The zero-order valence-electron chi connectivity index (χ0n) is 8.55. The quantitative estimate of drug-likeness (QED) is 0.685. The molecule has 0 amide bonds. The number of phenols is 1. The second-order valence-electron chi connectivity index (χ2n) is 3.46. The van der Waals surface area contributed by atoms with Crippen LogP contribution in [0, 0.1) is 0 Å². The molecule has 84 valence electrons. The lowest BCUT2D eigenvalue weighted by Crippen LogP contribution is -2.10. The highest BCUT2D eigenvalue weighted by Crippen LogP contribution is 2.35. The molecule has 0 aromatic heterocycles. The van der Waals surface area contributed by atoms with Gasteiger partial charge in [-0.05, 0) is 36.6 Å². The molecule has 0 spiro atoms. The van der Waals surface area contributed by atoms with E-state index in [1.807, 2.05) is 6.92 Å². The molecule has 0 aliphatic rings. The summed E-state index contributed by atoms with van der Waals surface area (Å²) in [5.74, 6) is 0.0401. The first kappa shape index (κ1) is 12.2. The molecule has 0 aliphatic carbocycles. The lowest BCUT2D eigenvalue weighted by atomic mass is 10.1. The molecular weight excluding hydrogens is 215 g/mol. The van der Waals surface area contributed by atoms with E-state index >= 15 is 0 Å². The van der Waals surface area contributed by atoms with E-state index in [0.717, 1.165) is 12.8 Å². The second kappa shape index (κ2) is 4.79. The van der Waals surface area contributed by atoms with Crippen LogP contribution in [-0.4, -0.2) is 14.9 Å². The molecule has 4 nitrogen and oxygen atoms in total. The molecule has 15 heavy (non-hydrogen) atoms. The van der Waals surface area contributed by atoms with Crippen LogP contribution in [0.15, 0.2) is 18.2 Å². The van der Waals surface area contributed by atoms with Crippen molar-refractivity contribution in [3.63, 3.8) is 0 Å². The van der Waals surface area contributed by atoms with Gasteiger partial charge in [0.15, 0.2) is 0 Å². The normalized spacial score (nSPS) is 11.7. The average molecular weight is 230 g/mol. The van der Waals surface area contributed by atoms with Crippen LogP contribution in [0.5, 0.6) is 5.75 Å². The summed E-state index contributed by atoms with van der Waals surface area (Å²) in [6.07, 6.45) is 2.36. The van der Waals surface area contributed by atoms with Crippen molar-refractivity contribution in [2.24, 2.45) is 0 Å². The third-order valence-electron chi connectivity index (χ3n) is 2.18. The smallest absolute Gasteiger partial charge is 0.356 e. The summed E-state index contributed by atoms with van der Waals surface area (Å²) < 4.78 is 11.1. The van der Waals surface area contributed by atoms with Gasteiger partial charge in [0, 0.05) is 0 Å². The molecule has 0 heterocycles. The summed E-state index contributed by atoms with van der Waals surface area (Å²) in [5, 5.41) is 9.27. The first-order chi connectivity index (χ1) is 6.95. The van der Waals surface area contributed by atoms with E-state index < -0.39 is 7.60 Å². The Hall–Kier alpha value is -0.830. The Bertz CT molecular complexity index is 383. The van der Waals surface area contributed by atoms with Crippen LogP contribution in [0.4, 0.5) is 0 Å². The molecule has 0 radical (unpaired) electrons. The Kier molecular flexibility index (Phi) is 3.91. The Balaban J connectivity index is 3.09. The van der Waals surface area contributed by atoms with E-state index in [9.17, 15) is 9.67 Å². The molecule has 0 atom stereocenters. The van der Waals surface area contributed by atoms with Gasteiger partial charge in [-0.3, -0.25) is 4.57 Å². The van der Waals surface area contributed by atoms with Crippen LogP contribution < -0.4 is 5.30 Å². The zero-order chi connectivity index (χ0) is 11.5. The first-order valence-electron chi connectivity index (χ1n) is 4.83. The predicted molar refractivity (Wildman–Crippen MR) is 58.4 cm³/mol. The largest absolute Gasteiger partial charge is 0.508 e. The summed E-state index contributed by atoms with van der Waals surface area (Å²) in [6.45, 7) is 2.00. The van der Waals surface area contributed by atoms with Gasteiger partial charge in [0.25, 0.3) is 0 Å². The minimum absolute atomic E-state index is 0.0220. The molecule has 0 saturated carbocycles. The van der Waals surface area contributed by atoms with Crippen molar-refractivity contribution in [1.82, 2.24) is 0 Å². The molecule has 1 rings (SSSR count). The molecule has 1 aromatic carbocycles. The van der Waals surface area contributed by atoms with Crippen molar-refractivity contribution in [2.45, 2.75) is 26.2 Å². The summed E-state index contributed by atoms with van der Waals surface area (Å²) in [5.41, 5.74) is 0.533. The minimum Gasteiger partial charge on any atom is -0.508 e. The van der Waals surface area contributed by atoms with E-state index in [-0.39, 0.29) is 11.1 Å². The molecular formula is C10H15O4P. The lowest BCUT2D eigenvalue weighted by molar-refractivity contribution is 0.387. The summed E-state index contributed by atoms with van der Waals surface area (Å²) in [7, 11) is -4.23. The summed E-state index contributed by atoms with van der Waals surface area (Å²) >= 11 is 0. The van der Waals surface area contributed by atoms with Gasteiger partial charge in [0.05, 0.1) is 5.30 Å². The van der Waals surface area contributed by atoms with Gasteiger partial charge in [0.1, 0.15) is 5.75 Å². The summed E-state index contributed by atoms with van der Waals surface area (Å²) in [4.78, 5) is 18.2. The van der Waals surface area contributed by atoms with Gasteiger partial charge in [-0.1, -0.05) is 13.3 Å². The number of unbranched alkanes of at least 4 members (excludes halogenated alkanes) is 1. The van der Waals surface area contributed by atoms with E-state index in [2.05, 4.69) is 0 Å². The van der Waals surface area contributed by atoms with Gasteiger partial charge in [0.2, 0.25) is 0 Å². The second-order valence-corrected chi connectivity index (χ2v) is 5.03. The SMILES string of the molecule is CCCCc1cc(O)ccc1P(=O)(O)O. The van der Waals surface area contributed by atoms with Crippen molar-refractivity contribution in [3.05, 3.63) is 23.8 Å². The Morgan fingerprint density at radius 3 is 2.53 bits per heavy atom. The van der Waals surface area contributed by atoms with E-state index in [1.165, 1.54) is 18.2 Å². The zero-order valence-corrected chi connectivity index (χ0v) is 9.44. The van der Waals surface area contributed by atoms with Crippen molar-refractivity contribution in [3.8, 4) is 5.75 Å². The van der Waals surface area contributed by atoms with Crippen molar-refractivity contribution in [2.75, 3.05) is 0 Å². The van der Waals surface area contributed by atoms with E-state index in [0.29, 0.717) is 12.0 Å². The number of aryl methyl sites for hydroxylation is 1. The molecule has 0 aliphatic heterocycles. The van der Waals surface area contributed by atoms with Crippen molar-refractivity contribution in [1.29, 1.82) is 0 Å². The molecule has 0 bridgehead atoms. The number of hydrogen-bond donors (Lipinski definition) is 3. The van der Waals surface area contributed by atoms with E-state index in [4.69, 9.17) is 9.79 Å². The highest BCUT2D eigenvalue weighted by Gasteiger charge is 2.21. The maximum Gasteiger partial charge on any atom is 0.356 e.